The average molecular weight is 189 g/mol. The molecule has 0 atom stereocenters. The van der Waals surface area contributed by atoms with Crippen LogP contribution in [0.2, 0.25) is 0 Å². The second kappa shape index (κ2) is 8.53. The Morgan fingerprint density at radius 1 is 1.00 bits per heavy atom. The summed E-state index contributed by atoms with van der Waals surface area (Å²) in [4.78, 5) is 0. The van der Waals surface area contributed by atoms with Crippen LogP contribution < -0.4 is 11.7 Å². The summed E-state index contributed by atoms with van der Waals surface area (Å²) in [7, 11) is 0. The second-order valence-electron chi connectivity index (χ2n) is 2.57. The lowest BCUT2D eigenvalue weighted by atomic mass is 10.0. The second-order valence-corrected chi connectivity index (χ2v) is 2.57. The van der Waals surface area contributed by atoms with E-state index in [4.69, 9.17) is 0 Å². The third-order valence-corrected chi connectivity index (χ3v) is 1.47. The predicted molar refractivity (Wildman–Crippen MR) is 56.2 cm³/mol. The highest BCUT2D eigenvalue weighted by Crippen LogP contribution is 2.11. The van der Waals surface area contributed by atoms with Gasteiger partial charge in [-0.3, -0.25) is 11.7 Å². The van der Waals surface area contributed by atoms with Gasteiger partial charge in [-0.2, -0.15) is 0 Å². The lowest BCUT2D eigenvalue weighted by Gasteiger charge is -2.01. The minimum Gasteiger partial charge on any atom is -0.274 e. The zero-order valence-electron chi connectivity index (χ0n) is 7.53. The molecule has 4 N–H and O–H groups in total. The maximum absolute atomic E-state index is 4.00. The zero-order valence-corrected chi connectivity index (χ0v) is 8.34. The summed E-state index contributed by atoms with van der Waals surface area (Å²) in [6, 6.07) is 10.5. The normalized spacial score (nSPS) is 8.08. The minimum atomic E-state index is 0. The molecule has 0 aliphatic rings. The van der Waals surface area contributed by atoms with Gasteiger partial charge < -0.3 is 0 Å². The van der Waals surface area contributed by atoms with E-state index < -0.39 is 0 Å². The molecule has 0 heterocycles. The van der Waals surface area contributed by atoms with Crippen LogP contribution in [0.25, 0.3) is 0 Å². The molecule has 0 fully saturated rings. The summed E-state index contributed by atoms with van der Waals surface area (Å²) < 4.78 is 0. The molecule has 70 valence electrons. The molecule has 0 bridgehead atoms. The smallest absolute Gasteiger partial charge is 0.0219 e. The Hall–Kier alpha value is -0.570. The van der Waals surface area contributed by atoms with E-state index in [0.29, 0.717) is 5.92 Å². The SMILES string of the molecule is CC(C)c1ccccc1.Cl.NN. The van der Waals surface area contributed by atoms with Gasteiger partial charge in [-0.25, -0.2) is 0 Å². The van der Waals surface area contributed by atoms with Crippen LogP contribution in [0.1, 0.15) is 25.3 Å². The van der Waals surface area contributed by atoms with Crippen molar-refractivity contribution >= 4 is 12.4 Å². The standard InChI is InChI=1S/C9H12.ClH.H4N2/c1-8(2)9-6-4-3-5-7-9;;1-2/h3-8H,1-2H3;1H;1-2H2. The molecule has 0 aromatic heterocycles. The first-order valence-corrected chi connectivity index (χ1v) is 3.69. The van der Waals surface area contributed by atoms with Gasteiger partial charge in [0, 0.05) is 0 Å². The third-order valence-electron chi connectivity index (χ3n) is 1.47. The van der Waals surface area contributed by atoms with Crippen LogP contribution in [0.4, 0.5) is 0 Å². The number of hydrogen-bond donors (Lipinski definition) is 2. The Morgan fingerprint density at radius 3 is 1.67 bits per heavy atom. The molecule has 0 aliphatic carbocycles. The van der Waals surface area contributed by atoms with E-state index in [9.17, 15) is 0 Å². The molecule has 1 aromatic carbocycles. The Kier molecular flexibility index (Phi) is 9.93. The largest absolute Gasteiger partial charge is 0.274 e. The number of nitrogens with two attached hydrogens (primary N) is 2. The first kappa shape index (κ1) is 14.0. The predicted octanol–water partition coefficient (Wildman–Crippen LogP) is 2.05. The summed E-state index contributed by atoms with van der Waals surface area (Å²) in [5.41, 5.74) is 1.41. The van der Waals surface area contributed by atoms with Crippen LogP contribution in [0.3, 0.4) is 0 Å². The van der Waals surface area contributed by atoms with Crippen LogP contribution in [0, 0.1) is 0 Å². The molecule has 1 aromatic rings. The monoisotopic (exact) mass is 188 g/mol. The third kappa shape index (κ3) is 5.13. The highest BCUT2D eigenvalue weighted by atomic mass is 35.5. The number of halogens is 1. The van der Waals surface area contributed by atoms with E-state index >= 15 is 0 Å². The van der Waals surface area contributed by atoms with Gasteiger partial charge in [0.2, 0.25) is 0 Å². The van der Waals surface area contributed by atoms with Gasteiger partial charge in [-0.1, -0.05) is 44.2 Å². The molecule has 0 amide bonds. The topological polar surface area (TPSA) is 52.0 Å². The van der Waals surface area contributed by atoms with Crippen molar-refractivity contribution in [3.05, 3.63) is 35.9 Å². The molecule has 2 nitrogen and oxygen atoms in total. The Bertz CT molecular complexity index is 175. The fraction of sp³-hybridized carbons (Fsp3) is 0.333. The van der Waals surface area contributed by atoms with Crippen molar-refractivity contribution in [2.75, 3.05) is 0 Å². The maximum Gasteiger partial charge on any atom is -0.0219 e. The number of hydrazine groups is 1. The fourth-order valence-corrected chi connectivity index (χ4v) is 0.838. The Morgan fingerprint density at radius 2 is 1.42 bits per heavy atom. The van der Waals surface area contributed by atoms with Gasteiger partial charge in [-0.15, -0.1) is 12.4 Å². The summed E-state index contributed by atoms with van der Waals surface area (Å²) in [5.74, 6) is 8.66. The van der Waals surface area contributed by atoms with Crippen molar-refractivity contribution in [1.82, 2.24) is 0 Å². The highest BCUT2D eigenvalue weighted by Gasteiger charge is 1.93. The quantitative estimate of drug-likeness (QED) is 0.524. The van der Waals surface area contributed by atoms with Crippen LogP contribution >= 0.6 is 12.4 Å². The summed E-state index contributed by atoms with van der Waals surface area (Å²) in [6.45, 7) is 4.41. The molecule has 0 aliphatic heterocycles. The van der Waals surface area contributed by atoms with Crippen molar-refractivity contribution in [3.63, 3.8) is 0 Å². The first-order valence-electron chi connectivity index (χ1n) is 3.69. The molecule has 1 rings (SSSR count). The lowest BCUT2D eigenvalue weighted by Crippen LogP contribution is -2.02. The molecule has 0 saturated carbocycles. The summed E-state index contributed by atoms with van der Waals surface area (Å²) in [6.07, 6.45) is 0. The first-order chi connectivity index (χ1) is 5.30. The van der Waals surface area contributed by atoms with Crippen molar-refractivity contribution in [2.24, 2.45) is 11.7 Å². The van der Waals surface area contributed by atoms with Crippen molar-refractivity contribution in [1.29, 1.82) is 0 Å². The van der Waals surface area contributed by atoms with Gasteiger partial charge in [-0.05, 0) is 11.5 Å². The van der Waals surface area contributed by atoms with Crippen LogP contribution in [-0.2, 0) is 0 Å². The molecule has 0 unspecified atom stereocenters. The molecule has 0 radical (unpaired) electrons. The molecule has 0 spiro atoms. The highest BCUT2D eigenvalue weighted by molar-refractivity contribution is 5.85. The fourth-order valence-electron chi connectivity index (χ4n) is 0.838. The van der Waals surface area contributed by atoms with Crippen LogP contribution in [0.5, 0.6) is 0 Å². The summed E-state index contributed by atoms with van der Waals surface area (Å²) in [5, 5.41) is 0. The van der Waals surface area contributed by atoms with Crippen molar-refractivity contribution in [3.8, 4) is 0 Å². The van der Waals surface area contributed by atoms with E-state index in [0.717, 1.165) is 0 Å². The van der Waals surface area contributed by atoms with E-state index in [1.54, 1.807) is 0 Å². The van der Waals surface area contributed by atoms with Gasteiger partial charge in [0.1, 0.15) is 0 Å². The van der Waals surface area contributed by atoms with Gasteiger partial charge in [0.05, 0.1) is 0 Å². The maximum atomic E-state index is 4.00. The van der Waals surface area contributed by atoms with Crippen molar-refractivity contribution < 1.29 is 0 Å². The lowest BCUT2D eigenvalue weighted by molar-refractivity contribution is 0.867. The van der Waals surface area contributed by atoms with E-state index in [2.05, 4.69) is 49.8 Å². The van der Waals surface area contributed by atoms with Crippen LogP contribution in [-0.4, -0.2) is 0 Å². The Balaban J connectivity index is 0. The molecule has 0 saturated heterocycles. The number of hydrogen-bond acceptors (Lipinski definition) is 2. The van der Waals surface area contributed by atoms with Gasteiger partial charge >= 0.3 is 0 Å². The molecular formula is C9H17ClN2. The van der Waals surface area contributed by atoms with E-state index in [1.807, 2.05) is 6.07 Å². The number of rotatable bonds is 1. The molecule has 12 heavy (non-hydrogen) atoms. The minimum absolute atomic E-state index is 0. The molecule has 3 heteroatoms. The zero-order chi connectivity index (χ0) is 8.69. The number of benzene rings is 1. The Labute approximate surface area is 80.3 Å². The molecular weight excluding hydrogens is 172 g/mol. The van der Waals surface area contributed by atoms with Crippen molar-refractivity contribution in [2.45, 2.75) is 19.8 Å². The van der Waals surface area contributed by atoms with Gasteiger partial charge in [0.25, 0.3) is 0 Å². The van der Waals surface area contributed by atoms with E-state index in [1.165, 1.54) is 5.56 Å². The average Bonchev–Trinajstić information content (AvgIpc) is 2.10. The van der Waals surface area contributed by atoms with Crippen LogP contribution in [0.15, 0.2) is 30.3 Å². The van der Waals surface area contributed by atoms with Gasteiger partial charge in [0.15, 0.2) is 0 Å². The van der Waals surface area contributed by atoms with E-state index in [-0.39, 0.29) is 12.4 Å². The summed E-state index contributed by atoms with van der Waals surface area (Å²) >= 11 is 0.